The molecule has 0 unspecified atom stereocenters. The van der Waals surface area contributed by atoms with Gasteiger partial charge in [-0.1, -0.05) is 52.3 Å². The third-order valence-electron chi connectivity index (χ3n) is 3.00. The minimum Gasteiger partial charge on any atom is -0.246 e. The SMILES string of the molecule is CC.CC.Cc1ccc(SN2CCC(C)CC2)cc1. The van der Waals surface area contributed by atoms with Crippen LogP contribution < -0.4 is 0 Å². The summed E-state index contributed by atoms with van der Waals surface area (Å²) >= 11 is 1.91. The molecule has 19 heavy (non-hydrogen) atoms. The quantitative estimate of drug-likeness (QED) is 0.631. The molecule has 0 spiro atoms. The molecule has 1 aliphatic rings. The lowest BCUT2D eigenvalue weighted by Gasteiger charge is -2.28. The van der Waals surface area contributed by atoms with E-state index in [-0.39, 0.29) is 0 Å². The minimum absolute atomic E-state index is 0.917. The summed E-state index contributed by atoms with van der Waals surface area (Å²) in [4.78, 5) is 1.37. The molecular weight excluding hydrogens is 250 g/mol. The number of rotatable bonds is 2. The molecule has 0 bridgehead atoms. The standard InChI is InChI=1S/C13H19NS.2C2H6/c1-11-3-5-13(6-4-11)15-14-9-7-12(2)8-10-14;2*1-2/h3-6,12H,7-10H2,1-2H3;2*1-2H3. The summed E-state index contributed by atoms with van der Waals surface area (Å²) in [6.07, 6.45) is 2.69. The van der Waals surface area contributed by atoms with Crippen LogP contribution in [0.3, 0.4) is 0 Å². The first-order chi connectivity index (χ1) is 9.24. The van der Waals surface area contributed by atoms with Gasteiger partial charge in [-0.2, -0.15) is 0 Å². The highest BCUT2D eigenvalue weighted by molar-refractivity contribution is 7.97. The van der Waals surface area contributed by atoms with Crippen molar-refractivity contribution in [3.63, 3.8) is 0 Å². The van der Waals surface area contributed by atoms with Crippen molar-refractivity contribution in [3.8, 4) is 0 Å². The van der Waals surface area contributed by atoms with Gasteiger partial charge in [0, 0.05) is 18.0 Å². The molecule has 2 rings (SSSR count). The maximum atomic E-state index is 2.49. The lowest BCUT2D eigenvalue weighted by molar-refractivity contribution is 0.308. The third-order valence-corrected chi connectivity index (χ3v) is 4.10. The van der Waals surface area contributed by atoms with Gasteiger partial charge in [0.2, 0.25) is 0 Å². The average molecular weight is 282 g/mol. The molecule has 0 N–H and O–H groups in total. The normalized spacial score (nSPS) is 15.9. The summed E-state index contributed by atoms with van der Waals surface area (Å²) in [5, 5.41) is 0. The van der Waals surface area contributed by atoms with Gasteiger partial charge < -0.3 is 0 Å². The second-order valence-corrected chi connectivity index (χ2v) is 5.69. The van der Waals surface area contributed by atoms with E-state index in [4.69, 9.17) is 0 Å². The summed E-state index contributed by atoms with van der Waals surface area (Å²) < 4.78 is 2.49. The molecule has 1 aromatic carbocycles. The largest absolute Gasteiger partial charge is 0.246 e. The Morgan fingerprint density at radius 3 is 1.89 bits per heavy atom. The van der Waals surface area contributed by atoms with E-state index in [1.807, 2.05) is 39.6 Å². The predicted molar refractivity (Wildman–Crippen MR) is 89.7 cm³/mol. The smallest absolute Gasteiger partial charge is 0.0230 e. The Bertz CT molecular complexity index is 300. The molecule has 1 fully saturated rings. The van der Waals surface area contributed by atoms with E-state index in [0.717, 1.165) is 5.92 Å². The fourth-order valence-electron chi connectivity index (χ4n) is 1.82. The number of piperidine rings is 1. The van der Waals surface area contributed by atoms with Crippen LogP contribution in [-0.2, 0) is 0 Å². The van der Waals surface area contributed by atoms with Gasteiger partial charge in [0.05, 0.1) is 0 Å². The Kier molecular flexibility index (Phi) is 11.1. The van der Waals surface area contributed by atoms with Crippen molar-refractivity contribution < 1.29 is 0 Å². The summed E-state index contributed by atoms with van der Waals surface area (Å²) in [5.74, 6) is 0.917. The topological polar surface area (TPSA) is 3.24 Å². The number of aryl methyl sites for hydroxylation is 1. The Labute approximate surface area is 124 Å². The van der Waals surface area contributed by atoms with Crippen molar-refractivity contribution in [3.05, 3.63) is 29.8 Å². The number of hydrogen-bond acceptors (Lipinski definition) is 2. The van der Waals surface area contributed by atoms with Gasteiger partial charge in [0.15, 0.2) is 0 Å². The van der Waals surface area contributed by atoms with E-state index in [1.165, 1.54) is 36.4 Å². The summed E-state index contributed by atoms with van der Waals surface area (Å²) in [5.41, 5.74) is 1.34. The van der Waals surface area contributed by atoms with Crippen LogP contribution in [0.5, 0.6) is 0 Å². The van der Waals surface area contributed by atoms with Crippen LogP contribution in [0, 0.1) is 12.8 Å². The number of nitrogens with zero attached hydrogens (tertiary/aromatic N) is 1. The average Bonchev–Trinajstić information content (AvgIpc) is 2.48. The lowest BCUT2D eigenvalue weighted by atomic mass is 10.0. The Hall–Kier alpha value is -0.470. The van der Waals surface area contributed by atoms with Crippen LogP contribution in [0.4, 0.5) is 0 Å². The Morgan fingerprint density at radius 1 is 0.947 bits per heavy atom. The molecule has 1 heterocycles. The molecular formula is C17H31NS. The van der Waals surface area contributed by atoms with Gasteiger partial charge in [-0.3, -0.25) is 0 Å². The maximum absolute atomic E-state index is 2.49. The fraction of sp³-hybridized carbons (Fsp3) is 0.647. The molecule has 1 nitrogen and oxygen atoms in total. The van der Waals surface area contributed by atoms with Gasteiger partial charge in [0.1, 0.15) is 0 Å². The molecule has 1 aromatic rings. The second-order valence-electron chi connectivity index (χ2n) is 4.52. The van der Waals surface area contributed by atoms with Crippen LogP contribution >= 0.6 is 11.9 Å². The Morgan fingerprint density at radius 2 is 1.42 bits per heavy atom. The molecule has 0 atom stereocenters. The summed E-state index contributed by atoms with van der Waals surface area (Å²) in [6, 6.07) is 8.82. The van der Waals surface area contributed by atoms with Gasteiger partial charge in [-0.05, 0) is 49.8 Å². The van der Waals surface area contributed by atoms with Gasteiger partial charge >= 0.3 is 0 Å². The highest BCUT2D eigenvalue weighted by Crippen LogP contribution is 2.27. The molecule has 0 radical (unpaired) electrons. The van der Waals surface area contributed by atoms with E-state index in [0.29, 0.717) is 0 Å². The Balaban J connectivity index is 0.000000741. The molecule has 0 aromatic heterocycles. The van der Waals surface area contributed by atoms with Crippen molar-refractivity contribution >= 4 is 11.9 Å². The number of benzene rings is 1. The molecule has 2 heteroatoms. The van der Waals surface area contributed by atoms with Crippen LogP contribution in [0.25, 0.3) is 0 Å². The maximum Gasteiger partial charge on any atom is 0.0230 e. The van der Waals surface area contributed by atoms with E-state index in [2.05, 4.69) is 42.4 Å². The second kappa shape index (κ2) is 11.4. The van der Waals surface area contributed by atoms with Crippen LogP contribution in [-0.4, -0.2) is 17.4 Å². The highest BCUT2D eigenvalue weighted by atomic mass is 32.2. The zero-order valence-corrected chi connectivity index (χ0v) is 14.4. The summed E-state index contributed by atoms with van der Waals surface area (Å²) in [6.45, 7) is 15.0. The first-order valence-corrected chi connectivity index (χ1v) is 8.51. The van der Waals surface area contributed by atoms with Crippen molar-refractivity contribution in [1.29, 1.82) is 0 Å². The first kappa shape index (κ1) is 18.5. The van der Waals surface area contributed by atoms with Crippen molar-refractivity contribution in [2.24, 2.45) is 5.92 Å². The summed E-state index contributed by atoms with van der Waals surface area (Å²) in [7, 11) is 0. The molecule has 1 saturated heterocycles. The zero-order valence-electron chi connectivity index (χ0n) is 13.6. The minimum atomic E-state index is 0.917. The van der Waals surface area contributed by atoms with E-state index in [1.54, 1.807) is 0 Å². The zero-order chi connectivity index (χ0) is 14.7. The van der Waals surface area contributed by atoms with Crippen molar-refractivity contribution in [2.75, 3.05) is 13.1 Å². The van der Waals surface area contributed by atoms with E-state index in [9.17, 15) is 0 Å². The molecule has 1 aliphatic heterocycles. The van der Waals surface area contributed by atoms with Crippen LogP contribution in [0.1, 0.15) is 53.0 Å². The lowest BCUT2D eigenvalue weighted by Crippen LogP contribution is -2.27. The van der Waals surface area contributed by atoms with Gasteiger partial charge in [-0.15, -0.1) is 0 Å². The first-order valence-electron chi connectivity index (χ1n) is 7.73. The highest BCUT2D eigenvalue weighted by Gasteiger charge is 2.16. The van der Waals surface area contributed by atoms with Crippen molar-refractivity contribution in [1.82, 2.24) is 4.31 Å². The molecule has 110 valence electrons. The van der Waals surface area contributed by atoms with Gasteiger partial charge in [0.25, 0.3) is 0 Å². The van der Waals surface area contributed by atoms with E-state index >= 15 is 0 Å². The van der Waals surface area contributed by atoms with Crippen LogP contribution in [0.2, 0.25) is 0 Å². The van der Waals surface area contributed by atoms with Gasteiger partial charge in [-0.25, -0.2) is 4.31 Å². The molecule has 0 saturated carbocycles. The number of hydrogen-bond donors (Lipinski definition) is 0. The van der Waals surface area contributed by atoms with Crippen LogP contribution in [0.15, 0.2) is 29.2 Å². The predicted octanol–water partition coefficient (Wildman–Crippen LogP) is 5.79. The molecule has 0 aliphatic carbocycles. The van der Waals surface area contributed by atoms with Crippen molar-refractivity contribution in [2.45, 2.75) is 59.3 Å². The third kappa shape index (κ3) is 7.64. The monoisotopic (exact) mass is 281 g/mol. The fourth-order valence-corrected chi connectivity index (χ4v) is 2.77. The molecule has 0 amide bonds. The van der Waals surface area contributed by atoms with E-state index < -0.39 is 0 Å².